The van der Waals surface area contributed by atoms with Gasteiger partial charge in [-0.3, -0.25) is 4.79 Å². The van der Waals surface area contributed by atoms with Gasteiger partial charge < -0.3 is 0 Å². The van der Waals surface area contributed by atoms with Crippen LogP contribution in [0.5, 0.6) is 0 Å². The average Bonchev–Trinajstić information content (AvgIpc) is 1.87. The van der Waals surface area contributed by atoms with Crippen molar-refractivity contribution in [1.82, 2.24) is 0 Å². The van der Waals surface area contributed by atoms with E-state index in [0.29, 0.717) is 0 Å². The van der Waals surface area contributed by atoms with Crippen LogP contribution in [0.4, 0.5) is 0 Å². The molecule has 0 aliphatic rings. The molecule has 0 fully saturated rings. The summed E-state index contributed by atoms with van der Waals surface area (Å²) >= 11 is 1.86. The highest BCUT2D eigenvalue weighted by Gasteiger charge is 1.82. The molecule has 0 aromatic rings. The summed E-state index contributed by atoms with van der Waals surface area (Å²) in [7, 11) is 0. The third-order valence-corrected chi connectivity index (χ3v) is 2.04. The molecule has 0 spiro atoms. The molecule has 0 aromatic heterocycles. The van der Waals surface area contributed by atoms with Crippen LogP contribution in [0.25, 0.3) is 0 Å². The van der Waals surface area contributed by atoms with Gasteiger partial charge in [0.2, 0.25) is 0 Å². The van der Waals surface area contributed by atoms with Crippen molar-refractivity contribution in [3.63, 3.8) is 0 Å². The zero-order chi connectivity index (χ0) is 7.82. The van der Waals surface area contributed by atoms with Gasteiger partial charge in [0, 0.05) is 5.75 Å². The molecule has 0 aliphatic carbocycles. The van der Waals surface area contributed by atoms with Crippen LogP contribution in [-0.4, -0.2) is 17.3 Å². The molecule has 0 aromatic carbocycles. The van der Waals surface area contributed by atoms with Crippen molar-refractivity contribution in [3.8, 4) is 0 Å². The topological polar surface area (TPSA) is 17.1 Å². The lowest BCUT2D eigenvalue weighted by Gasteiger charge is -1.90. The lowest BCUT2D eigenvalue weighted by atomic mass is 10.4. The number of hydrogen-bond donors (Lipinski definition) is 0. The van der Waals surface area contributed by atoms with E-state index < -0.39 is 0 Å². The third kappa shape index (κ3) is 7.76. The molecule has 0 aliphatic heterocycles. The Morgan fingerprint density at radius 3 is 2.80 bits per heavy atom. The monoisotopic (exact) mass is 158 g/mol. The Bertz CT molecular complexity index is 118. The van der Waals surface area contributed by atoms with Gasteiger partial charge in [-0.2, -0.15) is 11.8 Å². The summed E-state index contributed by atoms with van der Waals surface area (Å²) < 4.78 is 0. The van der Waals surface area contributed by atoms with Crippen LogP contribution in [-0.2, 0) is 4.79 Å². The number of carbonyl (C=O) groups is 1. The summed E-state index contributed by atoms with van der Waals surface area (Å²) in [6.45, 7) is 3.72. The molecule has 0 rings (SSSR count). The van der Waals surface area contributed by atoms with E-state index in [9.17, 15) is 4.79 Å². The largest absolute Gasteiger partial charge is 0.295 e. The van der Waals surface area contributed by atoms with E-state index in [1.54, 1.807) is 13.0 Å². The van der Waals surface area contributed by atoms with Crippen molar-refractivity contribution >= 4 is 17.5 Å². The number of carbonyl (C=O) groups excluding carboxylic acids is 1. The fraction of sp³-hybridized carbons (Fsp3) is 0.625. The van der Waals surface area contributed by atoms with Gasteiger partial charge in [-0.15, -0.1) is 0 Å². The molecule has 0 heterocycles. The highest BCUT2D eigenvalue weighted by molar-refractivity contribution is 7.99. The molecule has 0 unspecified atom stereocenters. The molecule has 10 heavy (non-hydrogen) atoms. The standard InChI is InChI=1S/C8H14OS/c1-3-6-10-7-4-5-8(2)9/h4-5H,3,6-7H2,1-2H3. The van der Waals surface area contributed by atoms with Gasteiger partial charge in [0.25, 0.3) is 0 Å². The lowest BCUT2D eigenvalue weighted by molar-refractivity contribution is -0.112. The predicted octanol–water partition coefficient (Wildman–Crippen LogP) is 2.27. The summed E-state index contributed by atoms with van der Waals surface area (Å²) in [6.07, 6.45) is 4.75. The van der Waals surface area contributed by atoms with Crippen LogP contribution in [0.1, 0.15) is 20.3 Å². The summed E-state index contributed by atoms with van der Waals surface area (Å²) in [5, 5.41) is 0. The van der Waals surface area contributed by atoms with E-state index in [0.717, 1.165) is 5.75 Å². The summed E-state index contributed by atoms with van der Waals surface area (Å²) in [5.41, 5.74) is 0. The zero-order valence-corrected chi connectivity index (χ0v) is 7.41. The van der Waals surface area contributed by atoms with Gasteiger partial charge in [0.05, 0.1) is 0 Å². The number of rotatable bonds is 5. The summed E-state index contributed by atoms with van der Waals surface area (Å²) in [5.74, 6) is 2.28. The summed E-state index contributed by atoms with van der Waals surface area (Å²) in [6, 6.07) is 0. The number of thioether (sulfide) groups is 1. The number of ketones is 1. The van der Waals surface area contributed by atoms with Crippen LogP contribution < -0.4 is 0 Å². The van der Waals surface area contributed by atoms with Gasteiger partial charge >= 0.3 is 0 Å². The predicted molar refractivity (Wildman–Crippen MR) is 47.4 cm³/mol. The van der Waals surface area contributed by atoms with Crippen molar-refractivity contribution in [2.24, 2.45) is 0 Å². The summed E-state index contributed by atoms with van der Waals surface area (Å²) in [4.78, 5) is 10.4. The highest BCUT2D eigenvalue weighted by atomic mass is 32.2. The van der Waals surface area contributed by atoms with E-state index in [1.165, 1.54) is 12.2 Å². The second-order valence-electron chi connectivity index (χ2n) is 2.09. The van der Waals surface area contributed by atoms with Crippen molar-refractivity contribution < 1.29 is 4.79 Å². The van der Waals surface area contributed by atoms with Gasteiger partial charge in [-0.1, -0.05) is 13.0 Å². The Morgan fingerprint density at radius 1 is 1.60 bits per heavy atom. The van der Waals surface area contributed by atoms with Gasteiger partial charge in [-0.25, -0.2) is 0 Å². The minimum atomic E-state index is 0.136. The molecular weight excluding hydrogens is 144 g/mol. The Morgan fingerprint density at radius 2 is 2.30 bits per heavy atom. The minimum absolute atomic E-state index is 0.136. The van der Waals surface area contributed by atoms with E-state index in [2.05, 4.69) is 6.92 Å². The second kappa shape index (κ2) is 6.87. The van der Waals surface area contributed by atoms with Crippen molar-refractivity contribution in [2.45, 2.75) is 20.3 Å². The average molecular weight is 158 g/mol. The molecule has 0 atom stereocenters. The number of hydrogen-bond acceptors (Lipinski definition) is 2. The SMILES string of the molecule is CCCSCC=CC(C)=O. The number of allylic oxidation sites excluding steroid dienone is 1. The van der Waals surface area contributed by atoms with Crippen LogP contribution >= 0.6 is 11.8 Å². The quantitative estimate of drug-likeness (QED) is 0.451. The Kier molecular flexibility index (Phi) is 6.71. The normalized spacial score (nSPS) is 10.6. The Balaban J connectivity index is 3.10. The van der Waals surface area contributed by atoms with Crippen LogP contribution in [0.15, 0.2) is 12.2 Å². The van der Waals surface area contributed by atoms with E-state index in [-0.39, 0.29) is 5.78 Å². The van der Waals surface area contributed by atoms with E-state index in [4.69, 9.17) is 0 Å². The first-order valence-electron chi connectivity index (χ1n) is 3.52. The maximum Gasteiger partial charge on any atom is 0.152 e. The Hall–Kier alpha value is -0.240. The van der Waals surface area contributed by atoms with Gasteiger partial charge in [0.1, 0.15) is 0 Å². The maximum absolute atomic E-state index is 10.4. The van der Waals surface area contributed by atoms with Crippen LogP contribution in [0, 0.1) is 0 Å². The lowest BCUT2D eigenvalue weighted by Crippen LogP contribution is -1.81. The molecule has 1 nitrogen and oxygen atoms in total. The molecule has 2 heteroatoms. The van der Waals surface area contributed by atoms with Crippen molar-refractivity contribution in [1.29, 1.82) is 0 Å². The van der Waals surface area contributed by atoms with E-state index in [1.807, 2.05) is 17.8 Å². The van der Waals surface area contributed by atoms with Crippen LogP contribution in [0.2, 0.25) is 0 Å². The maximum atomic E-state index is 10.4. The molecule has 0 N–H and O–H groups in total. The molecule has 58 valence electrons. The van der Waals surface area contributed by atoms with Crippen LogP contribution in [0.3, 0.4) is 0 Å². The van der Waals surface area contributed by atoms with Crippen molar-refractivity contribution in [2.75, 3.05) is 11.5 Å². The molecule has 0 saturated heterocycles. The fourth-order valence-corrected chi connectivity index (χ4v) is 1.20. The van der Waals surface area contributed by atoms with Gasteiger partial charge in [-0.05, 0) is 25.2 Å². The highest BCUT2D eigenvalue weighted by Crippen LogP contribution is 2.01. The first kappa shape index (κ1) is 9.76. The first-order chi connectivity index (χ1) is 4.77. The molecule has 0 bridgehead atoms. The molecule has 0 radical (unpaired) electrons. The first-order valence-corrected chi connectivity index (χ1v) is 4.67. The smallest absolute Gasteiger partial charge is 0.152 e. The van der Waals surface area contributed by atoms with Gasteiger partial charge in [0.15, 0.2) is 5.78 Å². The zero-order valence-electron chi connectivity index (χ0n) is 6.59. The third-order valence-electron chi connectivity index (χ3n) is 0.915. The molecule has 0 amide bonds. The van der Waals surface area contributed by atoms with Crippen molar-refractivity contribution in [3.05, 3.63) is 12.2 Å². The van der Waals surface area contributed by atoms with E-state index >= 15 is 0 Å². The second-order valence-corrected chi connectivity index (χ2v) is 3.24. The minimum Gasteiger partial charge on any atom is -0.295 e. The Labute approximate surface area is 66.9 Å². The molecule has 0 saturated carbocycles. The molecular formula is C8H14OS. The fourth-order valence-electron chi connectivity index (χ4n) is 0.510.